The third-order valence-corrected chi connectivity index (χ3v) is 4.12. The van der Waals surface area contributed by atoms with Crippen LogP contribution in [0.4, 0.5) is 13.2 Å². The van der Waals surface area contributed by atoms with Crippen LogP contribution in [0.5, 0.6) is 5.75 Å². The van der Waals surface area contributed by atoms with E-state index in [1.165, 1.54) is 18.5 Å². The average Bonchev–Trinajstić information content (AvgIpc) is 2.77. The van der Waals surface area contributed by atoms with Gasteiger partial charge in [0.1, 0.15) is 16.8 Å². The van der Waals surface area contributed by atoms with Crippen LogP contribution in [0.25, 0.3) is 0 Å². The van der Waals surface area contributed by atoms with Gasteiger partial charge in [0.2, 0.25) is 12.4 Å². The summed E-state index contributed by atoms with van der Waals surface area (Å²) in [5.41, 5.74) is -1.74. The molecule has 0 aromatic carbocycles. The Kier molecular flexibility index (Phi) is 3.94. The van der Waals surface area contributed by atoms with Crippen LogP contribution in [0.3, 0.4) is 0 Å². The van der Waals surface area contributed by atoms with Crippen LogP contribution in [-0.4, -0.2) is 18.0 Å². The van der Waals surface area contributed by atoms with E-state index in [9.17, 15) is 13.2 Å². The number of nitrogens with zero attached hydrogens (tertiary/aromatic N) is 1. The first-order chi connectivity index (χ1) is 8.84. The van der Waals surface area contributed by atoms with Gasteiger partial charge in [0.05, 0.1) is 11.5 Å². The number of pyridine rings is 1. The molecule has 1 aromatic rings. The Labute approximate surface area is 117 Å². The van der Waals surface area contributed by atoms with Crippen molar-refractivity contribution in [2.75, 3.05) is 6.61 Å². The maximum absolute atomic E-state index is 13.1. The molecule has 1 aromatic heterocycles. The third kappa shape index (κ3) is 2.96. The van der Waals surface area contributed by atoms with Crippen LogP contribution < -0.4 is 9.47 Å². The number of rotatable bonds is 3. The summed E-state index contributed by atoms with van der Waals surface area (Å²) in [6.45, 7) is -0.384. The van der Waals surface area contributed by atoms with E-state index in [1.807, 2.05) is 0 Å². The van der Waals surface area contributed by atoms with Gasteiger partial charge in [-0.05, 0) is 28.8 Å². The minimum atomic E-state index is -4.25. The number of halogens is 4. The second kappa shape index (κ2) is 5.19. The fraction of sp³-hybridized carbons (Fsp3) is 0.583. The highest BCUT2D eigenvalue weighted by Crippen LogP contribution is 2.50. The highest BCUT2D eigenvalue weighted by Gasteiger charge is 2.56. The maximum atomic E-state index is 13.1. The summed E-state index contributed by atoms with van der Waals surface area (Å²) in [6.07, 6.45) is -0.256. The number of aromatic nitrogens is 1. The van der Waals surface area contributed by atoms with Gasteiger partial charge in [-0.15, -0.1) is 0 Å². The number of alkyl halides is 3. The predicted molar refractivity (Wildman–Crippen MR) is 64.0 cm³/mol. The zero-order chi connectivity index (χ0) is 14.1. The molecule has 1 fully saturated rings. The smallest absolute Gasteiger partial charge is 0.397 e. The fourth-order valence-electron chi connectivity index (χ4n) is 2.34. The maximum Gasteiger partial charge on any atom is 0.397 e. The lowest BCUT2D eigenvalue weighted by Crippen LogP contribution is -2.40. The van der Waals surface area contributed by atoms with Gasteiger partial charge in [-0.3, -0.25) is 5.21 Å². The van der Waals surface area contributed by atoms with Crippen molar-refractivity contribution < 1.29 is 27.8 Å². The molecule has 0 spiro atoms. The molecule has 1 aliphatic carbocycles. The van der Waals surface area contributed by atoms with E-state index >= 15 is 0 Å². The zero-order valence-electron chi connectivity index (χ0n) is 10.1. The second-order valence-corrected chi connectivity index (χ2v) is 5.67. The van der Waals surface area contributed by atoms with Crippen molar-refractivity contribution in [3.63, 3.8) is 0 Å². The first-order valence-corrected chi connectivity index (χ1v) is 6.73. The van der Waals surface area contributed by atoms with E-state index in [2.05, 4.69) is 15.9 Å². The molecule has 106 valence electrons. The highest BCUT2D eigenvalue weighted by molar-refractivity contribution is 9.10. The molecule has 1 aliphatic rings. The van der Waals surface area contributed by atoms with Gasteiger partial charge in [0.25, 0.3) is 0 Å². The van der Waals surface area contributed by atoms with E-state index in [4.69, 9.17) is 9.94 Å². The quantitative estimate of drug-likeness (QED) is 0.675. The molecule has 19 heavy (non-hydrogen) atoms. The van der Waals surface area contributed by atoms with Gasteiger partial charge in [-0.25, -0.2) is 0 Å². The summed E-state index contributed by atoms with van der Waals surface area (Å²) in [5.74, 6) is 0.292. The lowest BCUT2D eigenvalue weighted by Gasteiger charge is -2.31. The summed E-state index contributed by atoms with van der Waals surface area (Å²) >= 11 is 3.14. The van der Waals surface area contributed by atoms with Crippen LogP contribution in [0.15, 0.2) is 22.9 Å². The topological polar surface area (TPSA) is 33.3 Å². The summed E-state index contributed by atoms with van der Waals surface area (Å²) in [4.78, 5) is 0. The summed E-state index contributed by atoms with van der Waals surface area (Å²) in [5, 5.41) is 9.15. The molecule has 0 amide bonds. The van der Waals surface area contributed by atoms with Crippen LogP contribution in [0.2, 0.25) is 0 Å². The first kappa shape index (κ1) is 14.4. The molecule has 3 nitrogen and oxygen atoms in total. The van der Waals surface area contributed by atoms with Gasteiger partial charge in [0.15, 0.2) is 0 Å². The molecule has 0 radical (unpaired) electrons. The second-order valence-electron chi connectivity index (χ2n) is 4.81. The van der Waals surface area contributed by atoms with Crippen molar-refractivity contribution in [3.8, 4) is 5.75 Å². The molecule has 2 rings (SSSR count). The molecule has 1 N–H and O–H groups in total. The number of ether oxygens (including phenoxy) is 1. The van der Waals surface area contributed by atoms with Crippen LogP contribution >= 0.6 is 15.9 Å². The van der Waals surface area contributed by atoms with E-state index in [0.717, 1.165) is 4.73 Å². The predicted octanol–water partition coefficient (Wildman–Crippen LogP) is 3.48. The Morgan fingerprint density at radius 2 is 2.00 bits per heavy atom. The zero-order valence-corrected chi connectivity index (χ0v) is 11.7. The lowest BCUT2D eigenvalue weighted by molar-refractivity contribution is -0.905. The van der Waals surface area contributed by atoms with Crippen LogP contribution in [-0.2, 0) is 0 Å². The molecule has 7 heteroatoms. The largest absolute Gasteiger partial charge is 0.491 e. The summed E-state index contributed by atoms with van der Waals surface area (Å²) in [6, 6.07) is 1.42. The molecule has 0 atom stereocenters. The first-order valence-electron chi connectivity index (χ1n) is 5.94. The molecule has 0 saturated heterocycles. The molecule has 0 aliphatic heterocycles. The molecular formula is C12H14BrF3NO2+. The van der Waals surface area contributed by atoms with Crippen molar-refractivity contribution in [1.29, 1.82) is 0 Å². The SMILES string of the molecule is O[n+]1ccc(OCC2(C(F)(F)F)CCCC2)c(Br)c1. The number of hydrogen-bond acceptors (Lipinski definition) is 2. The van der Waals surface area contributed by atoms with Crippen LogP contribution in [0.1, 0.15) is 25.7 Å². The molecule has 0 bridgehead atoms. The Bertz CT molecular complexity index is 459. The highest BCUT2D eigenvalue weighted by atomic mass is 79.9. The van der Waals surface area contributed by atoms with Gasteiger partial charge >= 0.3 is 6.18 Å². The number of hydrogen-bond donors (Lipinski definition) is 1. The van der Waals surface area contributed by atoms with Crippen molar-refractivity contribution in [1.82, 2.24) is 0 Å². The van der Waals surface area contributed by atoms with E-state index < -0.39 is 11.6 Å². The molecule has 1 saturated carbocycles. The Morgan fingerprint density at radius 3 is 2.53 bits per heavy atom. The van der Waals surface area contributed by atoms with E-state index in [1.54, 1.807) is 0 Å². The average molecular weight is 341 g/mol. The van der Waals surface area contributed by atoms with Crippen molar-refractivity contribution in [2.45, 2.75) is 31.9 Å². The van der Waals surface area contributed by atoms with Crippen molar-refractivity contribution in [3.05, 3.63) is 22.9 Å². The lowest BCUT2D eigenvalue weighted by atomic mass is 9.86. The third-order valence-electron chi connectivity index (χ3n) is 3.53. The minimum absolute atomic E-state index is 0.112. The Hall–Kier alpha value is -0.980. The van der Waals surface area contributed by atoms with E-state index in [-0.39, 0.29) is 19.4 Å². The fourth-order valence-corrected chi connectivity index (χ4v) is 2.80. The Balaban J connectivity index is 2.12. The Morgan fingerprint density at radius 1 is 1.37 bits per heavy atom. The van der Waals surface area contributed by atoms with Gasteiger partial charge in [-0.2, -0.15) is 13.2 Å². The van der Waals surface area contributed by atoms with Gasteiger partial charge in [-0.1, -0.05) is 12.8 Å². The van der Waals surface area contributed by atoms with Crippen LogP contribution in [0, 0.1) is 5.41 Å². The molecule has 0 unspecified atom stereocenters. The summed E-state index contributed by atoms with van der Waals surface area (Å²) in [7, 11) is 0. The normalized spacial score (nSPS) is 18.5. The van der Waals surface area contributed by atoms with Crippen molar-refractivity contribution in [2.24, 2.45) is 5.41 Å². The minimum Gasteiger partial charge on any atom is -0.491 e. The molecular weight excluding hydrogens is 327 g/mol. The van der Waals surface area contributed by atoms with Gasteiger partial charge < -0.3 is 4.74 Å². The monoisotopic (exact) mass is 340 g/mol. The molecule has 1 heterocycles. The van der Waals surface area contributed by atoms with E-state index in [0.29, 0.717) is 23.1 Å². The summed E-state index contributed by atoms with van der Waals surface area (Å²) < 4.78 is 46.0. The van der Waals surface area contributed by atoms with Gasteiger partial charge in [0, 0.05) is 4.73 Å². The van der Waals surface area contributed by atoms with Crippen molar-refractivity contribution >= 4 is 15.9 Å². The standard InChI is InChI=1S/C12H14BrF3NO2/c13-9-7-17(18)6-3-10(9)19-8-11(12(14,15)16)4-1-2-5-11/h3,6-7,18H,1-2,4-5,8H2/q+1.